The summed E-state index contributed by atoms with van der Waals surface area (Å²) in [7, 11) is 0. The van der Waals surface area contributed by atoms with Gasteiger partial charge in [-0.25, -0.2) is 0 Å². The van der Waals surface area contributed by atoms with E-state index in [0.29, 0.717) is 13.0 Å². The Morgan fingerprint density at radius 2 is 2.05 bits per heavy atom. The van der Waals surface area contributed by atoms with E-state index in [4.69, 9.17) is 9.84 Å². The highest BCUT2D eigenvalue weighted by Crippen LogP contribution is 2.17. The summed E-state index contributed by atoms with van der Waals surface area (Å²) < 4.78 is 5.14. The van der Waals surface area contributed by atoms with Gasteiger partial charge < -0.3 is 9.84 Å². The maximum atomic E-state index is 11.7. The van der Waals surface area contributed by atoms with Gasteiger partial charge in [-0.2, -0.15) is 0 Å². The Kier molecular flexibility index (Phi) is 4.52. The first-order valence-corrected chi connectivity index (χ1v) is 6.33. The molecule has 19 heavy (non-hydrogen) atoms. The van der Waals surface area contributed by atoms with Crippen molar-refractivity contribution in [2.24, 2.45) is 0 Å². The van der Waals surface area contributed by atoms with Crippen LogP contribution in [0.4, 0.5) is 0 Å². The number of carbonyl (C=O) groups excluding carboxylic acids is 1. The second-order valence-corrected chi connectivity index (χ2v) is 4.61. The number of esters is 1. The molecule has 2 rings (SSSR count). The van der Waals surface area contributed by atoms with Crippen molar-refractivity contribution >= 4 is 11.9 Å². The number of likely N-dealkylation sites (tertiary alicyclic amines) is 1. The van der Waals surface area contributed by atoms with Crippen LogP contribution in [0.15, 0.2) is 30.3 Å². The lowest BCUT2D eigenvalue weighted by Crippen LogP contribution is -2.39. The van der Waals surface area contributed by atoms with E-state index in [1.807, 2.05) is 30.3 Å². The molecule has 0 amide bonds. The molecule has 0 bridgehead atoms. The summed E-state index contributed by atoms with van der Waals surface area (Å²) in [6, 6.07) is 8.86. The van der Waals surface area contributed by atoms with Crippen LogP contribution in [-0.2, 0) is 20.9 Å². The summed E-state index contributed by atoms with van der Waals surface area (Å²) in [4.78, 5) is 24.3. The van der Waals surface area contributed by atoms with Gasteiger partial charge >= 0.3 is 11.9 Å². The minimum atomic E-state index is -0.867. The van der Waals surface area contributed by atoms with E-state index in [-0.39, 0.29) is 19.1 Å². The molecule has 0 aromatic heterocycles. The summed E-state index contributed by atoms with van der Waals surface area (Å²) in [6.45, 7) is 0.909. The first kappa shape index (κ1) is 13.5. The third kappa shape index (κ3) is 3.79. The molecular weight excluding hydrogens is 246 g/mol. The molecule has 5 nitrogen and oxygen atoms in total. The van der Waals surface area contributed by atoms with Crippen LogP contribution in [0.25, 0.3) is 0 Å². The van der Waals surface area contributed by atoms with Gasteiger partial charge in [0.05, 0.1) is 6.54 Å². The van der Waals surface area contributed by atoms with E-state index in [1.165, 1.54) is 0 Å². The second-order valence-electron chi connectivity index (χ2n) is 4.61. The largest absolute Gasteiger partial charge is 0.480 e. The van der Waals surface area contributed by atoms with Crippen LogP contribution in [0, 0.1) is 0 Å². The van der Waals surface area contributed by atoms with Gasteiger partial charge in [-0.3, -0.25) is 14.5 Å². The van der Waals surface area contributed by atoms with Crippen molar-refractivity contribution in [2.45, 2.75) is 25.5 Å². The Labute approximate surface area is 111 Å². The minimum absolute atomic E-state index is 0.0454. The summed E-state index contributed by atoms with van der Waals surface area (Å²) in [5.41, 5.74) is 0.923. The van der Waals surface area contributed by atoms with Gasteiger partial charge in [0.1, 0.15) is 12.6 Å². The van der Waals surface area contributed by atoms with Gasteiger partial charge in [-0.1, -0.05) is 30.3 Å². The molecule has 0 aliphatic carbocycles. The van der Waals surface area contributed by atoms with Crippen molar-refractivity contribution in [3.05, 3.63) is 35.9 Å². The van der Waals surface area contributed by atoms with Crippen molar-refractivity contribution in [3.63, 3.8) is 0 Å². The van der Waals surface area contributed by atoms with Crippen LogP contribution < -0.4 is 0 Å². The van der Waals surface area contributed by atoms with Gasteiger partial charge in [0.15, 0.2) is 0 Å². The van der Waals surface area contributed by atoms with Crippen molar-refractivity contribution in [1.29, 1.82) is 0 Å². The average molecular weight is 263 g/mol. The van der Waals surface area contributed by atoms with E-state index in [1.54, 1.807) is 4.90 Å². The van der Waals surface area contributed by atoms with E-state index in [0.717, 1.165) is 12.0 Å². The molecule has 0 unspecified atom stereocenters. The highest BCUT2D eigenvalue weighted by Gasteiger charge is 2.31. The predicted octanol–water partition coefficient (Wildman–Crippen LogP) is 1.28. The number of carboxylic acids is 1. The van der Waals surface area contributed by atoms with Gasteiger partial charge in [-0.15, -0.1) is 0 Å². The SMILES string of the molecule is O=C(CN1CCC[C@@H]1C(=O)O)OCc1ccccc1. The average Bonchev–Trinajstić information content (AvgIpc) is 2.86. The van der Waals surface area contributed by atoms with Gasteiger partial charge in [-0.05, 0) is 24.9 Å². The molecule has 5 heteroatoms. The summed E-state index contributed by atoms with van der Waals surface area (Å²) in [5.74, 6) is -1.25. The summed E-state index contributed by atoms with van der Waals surface area (Å²) in [6.07, 6.45) is 1.41. The van der Waals surface area contributed by atoms with E-state index in [2.05, 4.69) is 0 Å². The fraction of sp³-hybridized carbons (Fsp3) is 0.429. The highest BCUT2D eigenvalue weighted by atomic mass is 16.5. The zero-order chi connectivity index (χ0) is 13.7. The second kappa shape index (κ2) is 6.33. The summed E-state index contributed by atoms with van der Waals surface area (Å²) in [5, 5.41) is 9.01. The molecule has 1 aromatic rings. The molecule has 0 saturated carbocycles. The topological polar surface area (TPSA) is 66.8 Å². The van der Waals surface area contributed by atoms with Crippen molar-refractivity contribution in [3.8, 4) is 0 Å². The van der Waals surface area contributed by atoms with Crippen LogP contribution in [0.3, 0.4) is 0 Å². The van der Waals surface area contributed by atoms with Gasteiger partial charge in [0.25, 0.3) is 0 Å². The standard InChI is InChI=1S/C14H17NO4/c16-13(19-10-11-5-2-1-3-6-11)9-15-8-4-7-12(15)14(17)18/h1-3,5-6,12H,4,7-10H2,(H,17,18)/t12-/m1/s1. The Hall–Kier alpha value is -1.88. The number of ether oxygens (including phenoxy) is 1. The Morgan fingerprint density at radius 3 is 2.74 bits per heavy atom. The van der Waals surface area contributed by atoms with Crippen molar-refractivity contribution in [2.75, 3.05) is 13.1 Å². The number of rotatable bonds is 5. The number of hydrogen-bond acceptors (Lipinski definition) is 4. The normalized spacial score (nSPS) is 19.3. The number of nitrogens with zero attached hydrogens (tertiary/aromatic N) is 1. The summed E-state index contributed by atoms with van der Waals surface area (Å²) >= 11 is 0. The molecule has 0 spiro atoms. The maximum Gasteiger partial charge on any atom is 0.320 e. The molecule has 102 valence electrons. The third-order valence-electron chi connectivity index (χ3n) is 3.22. The maximum absolute atomic E-state index is 11.7. The van der Waals surface area contributed by atoms with Crippen LogP contribution in [0.2, 0.25) is 0 Å². The number of carboxylic acid groups (broad SMARTS) is 1. The number of aliphatic carboxylic acids is 1. The van der Waals surface area contributed by atoms with E-state index >= 15 is 0 Å². The van der Waals surface area contributed by atoms with Crippen molar-refractivity contribution in [1.82, 2.24) is 4.90 Å². The van der Waals surface area contributed by atoms with Crippen molar-refractivity contribution < 1.29 is 19.4 Å². The Bertz CT molecular complexity index is 446. The molecule has 1 N–H and O–H groups in total. The number of carbonyl (C=O) groups is 2. The quantitative estimate of drug-likeness (QED) is 0.810. The first-order valence-electron chi connectivity index (χ1n) is 6.33. The Morgan fingerprint density at radius 1 is 1.32 bits per heavy atom. The van der Waals surface area contributed by atoms with Crippen LogP contribution in [-0.4, -0.2) is 41.1 Å². The molecule has 1 aliphatic heterocycles. The van der Waals surface area contributed by atoms with E-state index < -0.39 is 12.0 Å². The zero-order valence-electron chi connectivity index (χ0n) is 10.6. The molecule has 1 heterocycles. The lowest BCUT2D eigenvalue weighted by Gasteiger charge is -2.19. The fourth-order valence-corrected chi connectivity index (χ4v) is 2.24. The monoisotopic (exact) mass is 263 g/mol. The smallest absolute Gasteiger partial charge is 0.320 e. The van der Waals surface area contributed by atoms with Crippen LogP contribution >= 0.6 is 0 Å². The molecule has 1 atom stereocenters. The molecule has 1 fully saturated rings. The molecule has 1 aliphatic rings. The zero-order valence-corrected chi connectivity index (χ0v) is 10.6. The fourth-order valence-electron chi connectivity index (χ4n) is 2.24. The lowest BCUT2D eigenvalue weighted by atomic mass is 10.2. The molecule has 1 saturated heterocycles. The number of benzene rings is 1. The van der Waals surface area contributed by atoms with Gasteiger partial charge in [0.2, 0.25) is 0 Å². The number of hydrogen-bond donors (Lipinski definition) is 1. The molecule has 1 aromatic carbocycles. The minimum Gasteiger partial charge on any atom is -0.480 e. The predicted molar refractivity (Wildman–Crippen MR) is 68.5 cm³/mol. The van der Waals surface area contributed by atoms with Gasteiger partial charge in [0, 0.05) is 0 Å². The highest BCUT2D eigenvalue weighted by molar-refractivity contribution is 5.76. The first-order chi connectivity index (χ1) is 9.16. The van der Waals surface area contributed by atoms with Crippen LogP contribution in [0.5, 0.6) is 0 Å². The third-order valence-corrected chi connectivity index (χ3v) is 3.22. The van der Waals surface area contributed by atoms with Crippen LogP contribution in [0.1, 0.15) is 18.4 Å². The molecular formula is C14H17NO4. The Balaban J connectivity index is 1.80. The lowest BCUT2D eigenvalue weighted by molar-refractivity contribution is -0.149. The van der Waals surface area contributed by atoms with E-state index in [9.17, 15) is 9.59 Å². The molecule has 0 radical (unpaired) electrons.